The first kappa shape index (κ1) is 13.8. The van der Waals surface area contributed by atoms with Gasteiger partial charge in [-0.3, -0.25) is 0 Å². The molecule has 0 aromatic carbocycles. The third kappa shape index (κ3) is 2.71. The van der Waals surface area contributed by atoms with Gasteiger partial charge in [-0.15, -0.1) is 0 Å². The van der Waals surface area contributed by atoms with Gasteiger partial charge in [0.05, 0.1) is 0 Å². The number of hydrogen-bond acceptors (Lipinski definition) is 5. The van der Waals surface area contributed by atoms with Crippen molar-refractivity contribution >= 4 is 32.6 Å². The highest BCUT2D eigenvalue weighted by Gasteiger charge is 2.49. The minimum Gasteiger partial charge on any atom is -0.353 e. The second-order valence-electron chi connectivity index (χ2n) is 3.30. The lowest BCUT2D eigenvalue weighted by Crippen LogP contribution is -2.28. The summed E-state index contributed by atoms with van der Waals surface area (Å²) in [4.78, 5) is 7.11. The first-order chi connectivity index (χ1) is 8.71. The second-order valence-corrected chi connectivity index (χ2v) is 5.23. The molecule has 2 aromatic rings. The molecule has 102 valence electrons. The lowest BCUT2D eigenvalue weighted by atomic mass is 10.3. The first-order valence-corrected chi connectivity index (χ1v) is 6.41. The average molecular weight is 313 g/mol. The number of aromatic nitrogens is 2. The summed E-state index contributed by atoms with van der Waals surface area (Å²) < 4.78 is 62.4. The molecule has 0 saturated heterocycles. The molecule has 0 aliphatic heterocycles. The zero-order valence-corrected chi connectivity index (χ0v) is 10.4. The van der Waals surface area contributed by atoms with Gasteiger partial charge in [-0.2, -0.15) is 21.6 Å². The Hall–Kier alpha value is -1.61. The molecule has 0 bridgehead atoms. The molecule has 0 aliphatic rings. The normalized spacial score (nSPS) is 12.6. The molecule has 0 radical (unpaired) electrons. The maximum atomic E-state index is 12.2. The van der Waals surface area contributed by atoms with E-state index in [2.05, 4.69) is 14.2 Å². The molecule has 0 atom stereocenters. The minimum atomic E-state index is -5.80. The molecule has 0 fully saturated rings. The Bertz CT molecular complexity index is 733. The largest absolute Gasteiger partial charge is 0.534 e. The SMILES string of the molecule is O=S(=O)(Oc1nccc2ccc(Cl)nc12)C(F)(F)F. The number of fused-ring (bicyclic) bond motifs is 1. The molecule has 2 aromatic heterocycles. The monoisotopic (exact) mass is 312 g/mol. The Morgan fingerprint density at radius 3 is 2.53 bits per heavy atom. The van der Waals surface area contributed by atoms with E-state index in [1.165, 1.54) is 18.2 Å². The van der Waals surface area contributed by atoms with E-state index in [4.69, 9.17) is 11.6 Å². The van der Waals surface area contributed by atoms with Crippen molar-refractivity contribution in [3.63, 3.8) is 0 Å². The van der Waals surface area contributed by atoms with Crippen LogP contribution in [-0.2, 0) is 10.1 Å². The maximum Gasteiger partial charge on any atom is 0.534 e. The van der Waals surface area contributed by atoms with E-state index in [-0.39, 0.29) is 10.7 Å². The van der Waals surface area contributed by atoms with Crippen LogP contribution in [0.1, 0.15) is 0 Å². The van der Waals surface area contributed by atoms with E-state index in [1.807, 2.05) is 0 Å². The Kier molecular flexibility index (Phi) is 3.27. The number of halogens is 4. The minimum absolute atomic E-state index is 0.0326. The summed E-state index contributed by atoms with van der Waals surface area (Å²) in [6.45, 7) is 0. The summed E-state index contributed by atoms with van der Waals surface area (Å²) in [6, 6.07) is 4.26. The van der Waals surface area contributed by atoms with Crippen LogP contribution < -0.4 is 4.18 Å². The van der Waals surface area contributed by atoms with Crippen LogP contribution in [0, 0.1) is 0 Å². The van der Waals surface area contributed by atoms with E-state index in [0.717, 1.165) is 6.20 Å². The van der Waals surface area contributed by atoms with Gasteiger partial charge in [-0.05, 0) is 18.2 Å². The molecule has 0 N–H and O–H groups in total. The van der Waals surface area contributed by atoms with Gasteiger partial charge < -0.3 is 4.18 Å². The van der Waals surface area contributed by atoms with Crippen LogP contribution in [0.5, 0.6) is 5.88 Å². The smallest absolute Gasteiger partial charge is 0.353 e. The third-order valence-corrected chi connectivity index (χ3v) is 3.17. The van der Waals surface area contributed by atoms with Gasteiger partial charge in [0, 0.05) is 11.6 Å². The van der Waals surface area contributed by atoms with Crippen molar-refractivity contribution in [2.24, 2.45) is 0 Å². The molecule has 0 amide bonds. The van der Waals surface area contributed by atoms with Crippen molar-refractivity contribution < 1.29 is 25.8 Å². The fourth-order valence-corrected chi connectivity index (χ4v) is 1.78. The predicted molar refractivity (Wildman–Crippen MR) is 60.2 cm³/mol. The predicted octanol–water partition coefficient (Wildman–Crippen LogP) is 2.51. The van der Waals surface area contributed by atoms with Crippen LogP contribution in [0.25, 0.3) is 10.9 Å². The van der Waals surface area contributed by atoms with Crippen molar-refractivity contribution in [2.75, 3.05) is 0 Å². The summed E-state index contributed by atoms with van der Waals surface area (Å²) in [5.41, 5.74) is -5.72. The molecule has 19 heavy (non-hydrogen) atoms. The van der Waals surface area contributed by atoms with Crippen LogP contribution in [0.3, 0.4) is 0 Å². The van der Waals surface area contributed by atoms with Crippen LogP contribution in [0.4, 0.5) is 13.2 Å². The average Bonchev–Trinajstić information content (AvgIpc) is 2.28. The number of alkyl halides is 3. The second kappa shape index (κ2) is 4.49. The van der Waals surface area contributed by atoms with Gasteiger partial charge >= 0.3 is 15.6 Å². The highest BCUT2D eigenvalue weighted by atomic mass is 35.5. The van der Waals surface area contributed by atoms with Crippen molar-refractivity contribution in [2.45, 2.75) is 5.51 Å². The summed E-state index contributed by atoms with van der Waals surface area (Å²) >= 11 is 5.59. The molecule has 0 saturated carbocycles. The highest BCUT2D eigenvalue weighted by molar-refractivity contribution is 7.88. The number of pyridine rings is 2. The molecule has 2 rings (SSSR count). The van der Waals surface area contributed by atoms with Gasteiger partial charge in [0.1, 0.15) is 10.7 Å². The van der Waals surface area contributed by atoms with E-state index in [9.17, 15) is 21.6 Å². The maximum absolute atomic E-state index is 12.2. The van der Waals surface area contributed by atoms with Crippen molar-refractivity contribution in [1.82, 2.24) is 9.97 Å². The topological polar surface area (TPSA) is 69.2 Å². The molecule has 0 spiro atoms. The Labute approximate surface area is 110 Å². The van der Waals surface area contributed by atoms with Crippen LogP contribution >= 0.6 is 11.6 Å². The molecular formula is C9H4ClF3N2O3S. The third-order valence-electron chi connectivity index (χ3n) is 2.01. The molecule has 5 nitrogen and oxygen atoms in total. The summed E-state index contributed by atoms with van der Waals surface area (Å²) in [7, 11) is -5.80. The van der Waals surface area contributed by atoms with E-state index < -0.39 is 21.5 Å². The van der Waals surface area contributed by atoms with Crippen LogP contribution in [0.2, 0.25) is 5.15 Å². The fourth-order valence-electron chi connectivity index (χ4n) is 1.21. The standard InChI is InChI=1S/C9H4ClF3N2O3S/c10-6-2-1-5-3-4-14-8(7(5)15-6)18-19(16,17)9(11,12)13/h1-4H. The van der Waals surface area contributed by atoms with Crippen molar-refractivity contribution in [3.8, 4) is 5.88 Å². The van der Waals surface area contributed by atoms with Gasteiger partial charge in [0.25, 0.3) is 5.88 Å². The lowest BCUT2D eigenvalue weighted by Gasteiger charge is -2.09. The Balaban J connectivity index is 2.56. The summed E-state index contributed by atoms with van der Waals surface area (Å²) in [5.74, 6) is -0.780. The lowest BCUT2D eigenvalue weighted by molar-refractivity contribution is -0.0500. The zero-order valence-electron chi connectivity index (χ0n) is 8.85. The Morgan fingerprint density at radius 2 is 1.89 bits per heavy atom. The number of hydrogen-bond donors (Lipinski definition) is 0. The van der Waals surface area contributed by atoms with Gasteiger partial charge in [-0.1, -0.05) is 11.6 Å². The molecule has 0 aliphatic carbocycles. The van der Waals surface area contributed by atoms with Crippen LogP contribution in [0.15, 0.2) is 24.4 Å². The van der Waals surface area contributed by atoms with Gasteiger partial charge in [-0.25, -0.2) is 9.97 Å². The summed E-state index contributed by atoms with van der Waals surface area (Å²) in [6.07, 6.45) is 1.10. The van der Waals surface area contributed by atoms with E-state index >= 15 is 0 Å². The van der Waals surface area contributed by atoms with Gasteiger partial charge in [0.2, 0.25) is 0 Å². The number of rotatable bonds is 2. The quantitative estimate of drug-likeness (QED) is 0.484. The molecule has 10 heteroatoms. The highest BCUT2D eigenvalue weighted by Crippen LogP contribution is 2.29. The van der Waals surface area contributed by atoms with Gasteiger partial charge in [0.15, 0.2) is 0 Å². The van der Waals surface area contributed by atoms with E-state index in [1.54, 1.807) is 0 Å². The zero-order chi connectivity index (χ0) is 14.3. The first-order valence-electron chi connectivity index (χ1n) is 4.63. The Morgan fingerprint density at radius 1 is 1.21 bits per heavy atom. The number of nitrogens with zero attached hydrogens (tertiary/aromatic N) is 2. The van der Waals surface area contributed by atoms with Crippen molar-refractivity contribution in [1.29, 1.82) is 0 Å². The van der Waals surface area contributed by atoms with Crippen molar-refractivity contribution in [3.05, 3.63) is 29.5 Å². The summed E-state index contributed by atoms with van der Waals surface area (Å²) in [5, 5.41) is 0.307. The van der Waals surface area contributed by atoms with E-state index in [0.29, 0.717) is 5.39 Å². The fraction of sp³-hybridized carbons (Fsp3) is 0.111. The molecule has 0 unspecified atom stereocenters. The van der Waals surface area contributed by atoms with Crippen LogP contribution in [-0.4, -0.2) is 23.9 Å². The molecule has 2 heterocycles. The molecular weight excluding hydrogens is 309 g/mol.